The minimum absolute atomic E-state index is 0.250. The van der Waals surface area contributed by atoms with Gasteiger partial charge in [-0.15, -0.1) is 0 Å². The van der Waals surface area contributed by atoms with Crippen LogP contribution in [0.25, 0.3) is 0 Å². The monoisotopic (exact) mass is 308 g/mol. The number of rotatable bonds is 1. The van der Waals surface area contributed by atoms with E-state index in [1.54, 1.807) is 18.2 Å². The zero-order valence-corrected chi connectivity index (χ0v) is 12.0. The highest BCUT2D eigenvalue weighted by molar-refractivity contribution is 6.36. The highest BCUT2D eigenvalue weighted by Crippen LogP contribution is 2.36. The van der Waals surface area contributed by atoms with Crippen LogP contribution in [0.5, 0.6) is 0 Å². The van der Waals surface area contributed by atoms with E-state index in [2.05, 4.69) is 15.3 Å². The fourth-order valence-corrected chi connectivity index (χ4v) is 2.83. The van der Waals surface area contributed by atoms with Crippen LogP contribution in [0.2, 0.25) is 10.0 Å². The highest BCUT2D eigenvalue weighted by atomic mass is 35.5. The van der Waals surface area contributed by atoms with Gasteiger partial charge in [0, 0.05) is 28.9 Å². The maximum absolute atomic E-state index is 12.1. The molecule has 3 rings (SSSR count). The molecule has 0 saturated carbocycles. The average Bonchev–Trinajstić information content (AvgIpc) is 2.44. The molecular weight excluding hydrogens is 299 g/mol. The van der Waals surface area contributed by atoms with E-state index in [-0.39, 0.29) is 5.91 Å². The van der Waals surface area contributed by atoms with Crippen molar-refractivity contribution in [2.45, 2.75) is 6.17 Å². The molecule has 2 heterocycles. The smallest absolute Gasteiger partial charge is 0.258 e. The quantitative estimate of drug-likeness (QED) is 0.880. The Labute approximate surface area is 125 Å². The third-order valence-electron chi connectivity index (χ3n) is 3.20. The molecule has 1 aromatic heterocycles. The molecule has 1 aromatic carbocycles. The predicted molar refractivity (Wildman–Crippen MR) is 77.1 cm³/mol. The Bertz CT molecular complexity index is 672. The number of nitrogens with one attached hydrogen (secondary N) is 1. The van der Waals surface area contributed by atoms with Crippen LogP contribution < -0.4 is 10.2 Å². The van der Waals surface area contributed by atoms with Crippen molar-refractivity contribution in [3.8, 4) is 0 Å². The number of benzene rings is 1. The fourth-order valence-electron chi connectivity index (χ4n) is 2.22. The summed E-state index contributed by atoms with van der Waals surface area (Å²) in [6.07, 6.45) is 2.42. The molecule has 1 amide bonds. The molecule has 102 valence electrons. The molecule has 1 atom stereocenters. The Morgan fingerprint density at radius 2 is 2.00 bits per heavy atom. The van der Waals surface area contributed by atoms with E-state index in [9.17, 15) is 4.79 Å². The SMILES string of the molecule is CN1c2ncncc2C(=O)NC1c1c(Cl)cccc1Cl. The molecule has 0 spiro atoms. The topological polar surface area (TPSA) is 58.1 Å². The number of carbonyl (C=O) groups is 1. The van der Waals surface area contributed by atoms with Gasteiger partial charge in [-0.2, -0.15) is 0 Å². The van der Waals surface area contributed by atoms with Crippen molar-refractivity contribution in [1.82, 2.24) is 15.3 Å². The van der Waals surface area contributed by atoms with Crippen LogP contribution >= 0.6 is 23.2 Å². The van der Waals surface area contributed by atoms with E-state index in [0.717, 1.165) is 0 Å². The summed E-state index contributed by atoms with van der Waals surface area (Å²) < 4.78 is 0. The Hall–Kier alpha value is -1.85. The number of anilines is 1. The van der Waals surface area contributed by atoms with Gasteiger partial charge in [-0.3, -0.25) is 4.79 Å². The third-order valence-corrected chi connectivity index (χ3v) is 3.86. The second-order valence-electron chi connectivity index (χ2n) is 4.38. The van der Waals surface area contributed by atoms with Crippen molar-refractivity contribution in [1.29, 1.82) is 0 Å². The molecule has 20 heavy (non-hydrogen) atoms. The van der Waals surface area contributed by atoms with Crippen molar-refractivity contribution < 1.29 is 4.79 Å². The van der Waals surface area contributed by atoms with Gasteiger partial charge in [-0.25, -0.2) is 9.97 Å². The standard InChI is InChI=1S/C13H10Cl2N4O/c1-19-11-7(5-16-6-17-11)13(20)18-12(19)10-8(14)3-2-4-9(10)15/h2-6,12H,1H3,(H,18,20). The molecule has 0 saturated heterocycles. The number of aromatic nitrogens is 2. The molecule has 0 radical (unpaired) electrons. The largest absolute Gasteiger partial charge is 0.334 e. The van der Waals surface area contributed by atoms with Crippen molar-refractivity contribution in [2.75, 3.05) is 11.9 Å². The van der Waals surface area contributed by atoms with Gasteiger partial charge in [-0.1, -0.05) is 29.3 Å². The molecule has 7 heteroatoms. The number of fused-ring (bicyclic) bond motifs is 1. The second-order valence-corrected chi connectivity index (χ2v) is 5.20. The Morgan fingerprint density at radius 1 is 1.30 bits per heavy atom. The normalized spacial score (nSPS) is 17.6. The van der Waals surface area contributed by atoms with Crippen molar-refractivity contribution in [2.24, 2.45) is 0 Å². The third kappa shape index (κ3) is 1.99. The van der Waals surface area contributed by atoms with Crippen molar-refractivity contribution in [3.05, 3.63) is 51.9 Å². The molecule has 0 bridgehead atoms. The maximum atomic E-state index is 12.1. The van der Waals surface area contributed by atoms with Crippen LogP contribution in [-0.4, -0.2) is 22.9 Å². The number of hydrogen-bond donors (Lipinski definition) is 1. The van der Waals surface area contributed by atoms with Gasteiger partial charge in [0.1, 0.15) is 23.9 Å². The summed E-state index contributed by atoms with van der Waals surface area (Å²) in [6.45, 7) is 0. The van der Waals surface area contributed by atoms with Gasteiger partial charge in [0.05, 0.1) is 0 Å². The van der Waals surface area contributed by atoms with Crippen LogP contribution in [0.1, 0.15) is 22.1 Å². The van der Waals surface area contributed by atoms with Gasteiger partial charge in [-0.05, 0) is 12.1 Å². The van der Waals surface area contributed by atoms with Gasteiger partial charge in [0.15, 0.2) is 0 Å². The summed E-state index contributed by atoms with van der Waals surface area (Å²) in [4.78, 5) is 22.0. The number of nitrogens with zero attached hydrogens (tertiary/aromatic N) is 3. The lowest BCUT2D eigenvalue weighted by Crippen LogP contribution is -2.45. The van der Waals surface area contributed by atoms with Gasteiger partial charge >= 0.3 is 0 Å². The maximum Gasteiger partial charge on any atom is 0.258 e. The minimum atomic E-state index is -0.467. The first-order valence-corrected chi connectivity index (χ1v) is 6.63. The van der Waals surface area contributed by atoms with Crippen molar-refractivity contribution >= 4 is 34.9 Å². The van der Waals surface area contributed by atoms with Crippen molar-refractivity contribution in [3.63, 3.8) is 0 Å². The highest BCUT2D eigenvalue weighted by Gasteiger charge is 2.32. The second kappa shape index (κ2) is 4.92. The molecular formula is C13H10Cl2N4O. The number of carbonyl (C=O) groups excluding carboxylic acids is 1. The van der Waals surface area contributed by atoms with Crippen LogP contribution in [0.3, 0.4) is 0 Å². The number of halogens is 2. The molecule has 1 aliphatic heterocycles. The first kappa shape index (κ1) is 13.1. The van der Waals surface area contributed by atoms with Crippen LogP contribution in [0.4, 0.5) is 5.82 Å². The number of amides is 1. The lowest BCUT2D eigenvalue weighted by Gasteiger charge is -2.35. The zero-order valence-electron chi connectivity index (χ0n) is 10.5. The van der Waals surface area contributed by atoms with E-state index in [0.29, 0.717) is 27.0 Å². The van der Waals surface area contributed by atoms with Crippen LogP contribution in [-0.2, 0) is 0 Å². The lowest BCUT2D eigenvalue weighted by atomic mass is 10.1. The lowest BCUT2D eigenvalue weighted by molar-refractivity contribution is 0.0927. The molecule has 2 aromatic rings. The zero-order chi connectivity index (χ0) is 14.3. The Morgan fingerprint density at radius 3 is 2.70 bits per heavy atom. The first-order valence-electron chi connectivity index (χ1n) is 5.87. The minimum Gasteiger partial charge on any atom is -0.334 e. The van der Waals surface area contributed by atoms with E-state index >= 15 is 0 Å². The molecule has 1 aliphatic rings. The summed E-state index contributed by atoms with van der Waals surface area (Å²) in [5, 5.41) is 3.84. The summed E-state index contributed by atoms with van der Waals surface area (Å²) in [5.74, 6) is 0.296. The average molecular weight is 309 g/mol. The van der Waals surface area contributed by atoms with E-state index < -0.39 is 6.17 Å². The molecule has 1 N–H and O–H groups in total. The van der Waals surface area contributed by atoms with Gasteiger partial charge < -0.3 is 10.2 Å². The molecule has 1 unspecified atom stereocenters. The summed E-state index contributed by atoms with van der Waals surface area (Å²) >= 11 is 12.4. The van der Waals surface area contributed by atoms with E-state index in [1.165, 1.54) is 12.5 Å². The van der Waals surface area contributed by atoms with Gasteiger partial charge in [0.2, 0.25) is 0 Å². The number of hydrogen-bond acceptors (Lipinski definition) is 4. The predicted octanol–water partition coefficient (Wildman–Crippen LogP) is 2.66. The van der Waals surface area contributed by atoms with Crippen LogP contribution in [0.15, 0.2) is 30.7 Å². The molecule has 0 aliphatic carbocycles. The molecule has 0 fully saturated rings. The van der Waals surface area contributed by atoms with Crippen LogP contribution in [0, 0.1) is 0 Å². The fraction of sp³-hybridized carbons (Fsp3) is 0.154. The van der Waals surface area contributed by atoms with E-state index in [4.69, 9.17) is 23.2 Å². The summed E-state index contributed by atoms with van der Waals surface area (Å²) in [5.41, 5.74) is 1.07. The summed E-state index contributed by atoms with van der Waals surface area (Å²) in [6, 6.07) is 5.23. The first-order chi connectivity index (χ1) is 9.59. The van der Waals surface area contributed by atoms with E-state index in [1.807, 2.05) is 11.9 Å². The summed E-state index contributed by atoms with van der Waals surface area (Å²) in [7, 11) is 1.82. The molecule has 5 nitrogen and oxygen atoms in total. The Kier molecular flexibility index (Phi) is 3.23. The van der Waals surface area contributed by atoms with Gasteiger partial charge in [0.25, 0.3) is 5.91 Å². The Balaban J connectivity index is 2.12.